The Hall–Kier alpha value is -2.66. The average molecular weight is 439 g/mol. The third kappa shape index (κ3) is 4.38. The first kappa shape index (κ1) is 21.6. The third-order valence-corrected chi connectivity index (χ3v) is 6.76. The number of amides is 2. The number of benzene rings is 2. The quantitative estimate of drug-likeness (QED) is 0.663. The zero-order chi connectivity index (χ0) is 22.1. The van der Waals surface area contributed by atoms with E-state index in [1.54, 1.807) is 17.0 Å². The van der Waals surface area contributed by atoms with E-state index in [-0.39, 0.29) is 35.9 Å². The molecule has 2 aromatic rings. The minimum absolute atomic E-state index is 0.000295. The molecule has 2 aliphatic heterocycles. The van der Waals surface area contributed by atoms with Crippen molar-refractivity contribution in [2.75, 3.05) is 24.5 Å². The van der Waals surface area contributed by atoms with Gasteiger partial charge in [0.25, 0.3) is 0 Å². The number of likely N-dealkylation sites (tertiary alicyclic amines) is 1. The number of carbonyl (C=O) groups excluding carboxylic acids is 3. The van der Waals surface area contributed by atoms with E-state index in [4.69, 9.17) is 11.6 Å². The Morgan fingerprint density at radius 3 is 2.39 bits per heavy atom. The molecule has 162 valence electrons. The van der Waals surface area contributed by atoms with Crippen LogP contribution in [0.3, 0.4) is 0 Å². The average Bonchev–Trinajstić information content (AvgIpc) is 3.14. The van der Waals surface area contributed by atoms with Crippen LogP contribution in [0.25, 0.3) is 0 Å². The molecule has 2 amide bonds. The Balaban J connectivity index is 1.37. The van der Waals surface area contributed by atoms with Crippen LogP contribution in [0.1, 0.15) is 40.7 Å². The van der Waals surface area contributed by atoms with Gasteiger partial charge in [-0.2, -0.15) is 0 Å². The van der Waals surface area contributed by atoms with E-state index in [1.807, 2.05) is 49.1 Å². The number of halogens is 1. The van der Waals surface area contributed by atoms with E-state index in [9.17, 15) is 14.4 Å². The second-order valence-electron chi connectivity index (χ2n) is 8.64. The highest BCUT2D eigenvalue weighted by atomic mass is 35.5. The Morgan fingerprint density at radius 1 is 1.00 bits per heavy atom. The summed E-state index contributed by atoms with van der Waals surface area (Å²) >= 11 is 6.24. The molecule has 2 heterocycles. The number of aryl methyl sites for hydroxylation is 2. The summed E-state index contributed by atoms with van der Waals surface area (Å²) in [6, 6.07) is 13.1. The van der Waals surface area contributed by atoms with Crippen molar-refractivity contribution in [1.82, 2.24) is 4.90 Å². The van der Waals surface area contributed by atoms with E-state index in [1.165, 1.54) is 0 Å². The second kappa shape index (κ2) is 8.83. The van der Waals surface area contributed by atoms with Crippen LogP contribution in [0.4, 0.5) is 5.69 Å². The fourth-order valence-corrected chi connectivity index (χ4v) is 4.94. The van der Waals surface area contributed by atoms with Crippen LogP contribution in [-0.4, -0.2) is 42.1 Å². The van der Waals surface area contributed by atoms with E-state index in [0.29, 0.717) is 43.2 Å². The van der Waals surface area contributed by atoms with Crippen molar-refractivity contribution in [2.24, 2.45) is 11.8 Å². The first-order chi connectivity index (χ1) is 14.8. The van der Waals surface area contributed by atoms with Gasteiger partial charge in [-0.3, -0.25) is 14.4 Å². The lowest BCUT2D eigenvalue weighted by molar-refractivity contribution is -0.137. The smallest absolute Gasteiger partial charge is 0.228 e. The molecule has 2 aromatic carbocycles. The molecule has 0 spiro atoms. The molecule has 0 aliphatic carbocycles. The largest absolute Gasteiger partial charge is 0.342 e. The summed E-state index contributed by atoms with van der Waals surface area (Å²) in [5.74, 6) is -0.331. The standard InChI is InChI=1S/C25H27ClN2O3/c1-16-7-8-20(17(2)13-16)24(30)18-9-11-27(12-10-18)25(31)19-14-23(29)28(15-19)22-6-4-3-5-21(22)26/h3-8,13,18-19H,9-12,14-15H2,1-2H3. The molecular formula is C25H27ClN2O3. The van der Waals surface area contributed by atoms with Crippen molar-refractivity contribution in [3.05, 3.63) is 64.2 Å². The highest BCUT2D eigenvalue weighted by Gasteiger charge is 2.39. The Kier molecular flexibility index (Phi) is 6.15. The maximum absolute atomic E-state index is 13.1. The number of piperidine rings is 1. The molecule has 0 saturated carbocycles. The molecule has 5 nitrogen and oxygen atoms in total. The van der Waals surface area contributed by atoms with E-state index >= 15 is 0 Å². The lowest BCUT2D eigenvalue weighted by atomic mass is 9.86. The number of hydrogen-bond acceptors (Lipinski definition) is 3. The van der Waals surface area contributed by atoms with Gasteiger partial charge in [-0.1, -0.05) is 47.5 Å². The van der Waals surface area contributed by atoms with Crippen molar-refractivity contribution >= 4 is 34.9 Å². The van der Waals surface area contributed by atoms with Gasteiger partial charge >= 0.3 is 0 Å². The number of hydrogen-bond donors (Lipinski definition) is 0. The molecule has 1 atom stereocenters. The number of carbonyl (C=O) groups is 3. The molecular weight excluding hydrogens is 412 g/mol. The summed E-state index contributed by atoms with van der Waals surface area (Å²) in [5.41, 5.74) is 3.59. The summed E-state index contributed by atoms with van der Waals surface area (Å²) in [4.78, 5) is 42.0. The van der Waals surface area contributed by atoms with Crippen molar-refractivity contribution in [3.63, 3.8) is 0 Å². The summed E-state index contributed by atoms with van der Waals surface area (Å²) in [6.45, 7) is 5.45. The topological polar surface area (TPSA) is 57.7 Å². The van der Waals surface area contributed by atoms with Gasteiger partial charge in [-0.25, -0.2) is 0 Å². The van der Waals surface area contributed by atoms with Gasteiger partial charge in [0.15, 0.2) is 5.78 Å². The molecule has 1 unspecified atom stereocenters. The number of rotatable bonds is 4. The monoisotopic (exact) mass is 438 g/mol. The molecule has 31 heavy (non-hydrogen) atoms. The van der Waals surface area contributed by atoms with E-state index in [2.05, 4.69) is 0 Å². The van der Waals surface area contributed by atoms with Crippen molar-refractivity contribution in [3.8, 4) is 0 Å². The van der Waals surface area contributed by atoms with Crippen LogP contribution in [0.5, 0.6) is 0 Å². The van der Waals surface area contributed by atoms with E-state index in [0.717, 1.165) is 16.7 Å². The van der Waals surface area contributed by atoms with Crippen LogP contribution < -0.4 is 4.90 Å². The normalized spacial score (nSPS) is 19.7. The first-order valence-corrected chi connectivity index (χ1v) is 11.2. The molecule has 0 N–H and O–H groups in total. The number of anilines is 1. The molecule has 0 aromatic heterocycles. The first-order valence-electron chi connectivity index (χ1n) is 10.8. The summed E-state index contributed by atoms with van der Waals surface area (Å²) < 4.78 is 0. The fraction of sp³-hybridized carbons (Fsp3) is 0.400. The number of nitrogens with zero attached hydrogens (tertiary/aromatic N) is 2. The number of para-hydroxylation sites is 1. The summed E-state index contributed by atoms with van der Waals surface area (Å²) in [6.07, 6.45) is 1.52. The second-order valence-corrected chi connectivity index (χ2v) is 9.05. The molecule has 0 radical (unpaired) electrons. The van der Waals surface area contributed by atoms with Gasteiger partial charge < -0.3 is 9.80 Å². The molecule has 6 heteroatoms. The maximum atomic E-state index is 13.1. The molecule has 2 saturated heterocycles. The van der Waals surface area contributed by atoms with Gasteiger partial charge in [0.2, 0.25) is 11.8 Å². The van der Waals surface area contributed by atoms with Crippen molar-refractivity contribution < 1.29 is 14.4 Å². The third-order valence-electron chi connectivity index (χ3n) is 6.44. The van der Waals surface area contributed by atoms with Gasteiger partial charge in [0, 0.05) is 37.5 Å². The maximum Gasteiger partial charge on any atom is 0.228 e. The van der Waals surface area contributed by atoms with Gasteiger partial charge in [0.05, 0.1) is 16.6 Å². The zero-order valence-corrected chi connectivity index (χ0v) is 18.7. The highest BCUT2D eigenvalue weighted by molar-refractivity contribution is 6.33. The summed E-state index contributed by atoms with van der Waals surface area (Å²) in [7, 11) is 0. The van der Waals surface area contributed by atoms with Crippen molar-refractivity contribution in [1.29, 1.82) is 0 Å². The molecule has 2 fully saturated rings. The molecule has 2 aliphatic rings. The van der Waals surface area contributed by atoms with Gasteiger partial charge in [0.1, 0.15) is 0 Å². The molecule has 4 rings (SSSR count). The van der Waals surface area contributed by atoms with Gasteiger partial charge in [-0.15, -0.1) is 0 Å². The van der Waals surface area contributed by atoms with Crippen LogP contribution in [-0.2, 0) is 9.59 Å². The Bertz CT molecular complexity index is 1030. The van der Waals surface area contributed by atoms with Gasteiger partial charge in [-0.05, 0) is 44.4 Å². The predicted octanol–water partition coefficient (Wildman–Crippen LogP) is 4.43. The van der Waals surface area contributed by atoms with Crippen LogP contribution in [0, 0.1) is 25.7 Å². The summed E-state index contributed by atoms with van der Waals surface area (Å²) in [5, 5.41) is 0.509. The Morgan fingerprint density at radius 2 is 1.71 bits per heavy atom. The van der Waals surface area contributed by atoms with Crippen molar-refractivity contribution in [2.45, 2.75) is 33.1 Å². The Labute approximate surface area is 188 Å². The van der Waals surface area contributed by atoms with E-state index < -0.39 is 0 Å². The highest BCUT2D eigenvalue weighted by Crippen LogP contribution is 2.32. The van der Waals surface area contributed by atoms with Crippen LogP contribution in [0.2, 0.25) is 5.02 Å². The van der Waals surface area contributed by atoms with Crippen LogP contribution in [0.15, 0.2) is 42.5 Å². The minimum atomic E-state index is -0.365. The van der Waals surface area contributed by atoms with Crippen LogP contribution >= 0.6 is 11.6 Å². The number of Topliss-reactive ketones (excluding diaryl/α,β-unsaturated/α-hetero) is 1. The fourth-order valence-electron chi connectivity index (χ4n) is 4.71. The number of ketones is 1. The minimum Gasteiger partial charge on any atom is -0.342 e. The molecule has 0 bridgehead atoms. The lowest BCUT2D eigenvalue weighted by Crippen LogP contribution is -2.43. The SMILES string of the molecule is Cc1ccc(C(=O)C2CCN(C(=O)C3CC(=O)N(c4ccccc4Cl)C3)CC2)c(C)c1. The zero-order valence-electron chi connectivity index (χ0n) is 17.9. The predicted molar refractivity (Wildman–Crippen MR) is 121 cm³/mol. The lowest BCUT2D eigenvalue weighted by Gasteiger charge is -2.33.